The van der Waals surface area contributed by atoms with Crippen molar-refractivity contribution >= 4 is 23.2 Å². The smallest absolute Gasteiger partial charge is 0.142 e. The lowest BCUT2D eigenvalue weighted by Gasteiger charge is -2.27. The van der Waals surface area contributed by atoms with E-state index in [-0.39, 0.29) is 6.04 Å². The van der Waals surface area contributed by atoms with E-state index in [1.807, 2.05) is 12.3 Å². The molecular weight excluding hydrogens is 285 g/mol. The maximum Gasteiger partial charge on any atom is 0.142 e. The number of rotatable bonds is 3. The van der Waals surface area contributed by atoms with Crippen molar-refractivity contribution in [1.29, 1.82) is 0 Å². The second kappa shape index (κ2) is 5.41. The topological polar surface area (TPSA) is 49.9 Å². The molecule has 2 heterocycles. The van der Waals surface area contributed by atoms with E-state index >= 15 is 0 Å². The average molecular weight is 298 g/mol. The Kier molecular flexibility index (Phi) is 3.64. The summed E-state index contributed by atoms with van der Waals surface area (Å²) in [5, 5.41) is 4.63. The summed E-state index contributed by atoms with van der Waals surface area (Å²) in [7, 11) is 0. The van der Waals surface area contributed by atoms with Gasteiger partial charge in [-0.05, 0) is 12.1 Å². The predicted molar refractivity (Wildman–Crippen MR) is 74.7 cm³/mol. The van der Waals surface area contributed by atoms with Gasteiger partial charge in [-0.15, -0.1) is 0 Å². The van der Waals surface area contributed by atoms with E-state index in [1.54, 1.807) is 12.3 Å². The highest BCUT2D eigenvalue weighted by molar-refractivity contribution is 6.35. The zero-order valence-electron chi connectivity index (χ0n) is 10.1. The molecular formula is C13H13Cl2N3O. The highest BCUT2D eigenvalue weighted by Crippen LogP contribution is 2.39. The third-order valence-corrected chi connectivity index (χ3v) is 3.64. The zero-order chi connectivity index (χ0) is 13.2. The van der Waals surface area contributed by atoms with Gasteiger partial charge in [-0.2, -0.15) is 0 Å². The van der Waals surface area contributed by atoms with Crippen molar-refractivity contribution in [2.24, 2.45) is 0 Å². The van der Waals surface area contributed by atoms with Crippen LogP contribution in [0.1, 0.15) is 23.9 Å². The Balaban J connectivity index is 1.81. The Morgan fingerprint density at radius 2 is 2.32 bits per heavy atom. The molecule has 6 heteroatoms. The molecule has 0 spiro atoms. The third-order valence-electron chi connectivity index (χ3n) is 3.14. The molecule has 0 amide bonds. The van der Waals surface area contributed by atoms with Gasteiger partial charge in [-0.1, -0.05) is 23.2 Å². The number of imidazole rings is 1. The summed E-state index contributed by atoms with van der Waals surface area (Å²) in [6.45, 7) is 1.31. The number of aromatic amines is 1. The summed E-state index contributed by atoms with van der Waals surface area (Å²) in [6, 6.07) is 3.78. The van der Waals surface area contributed by atoms with Crippen molar-refractivity contribution < 1.29 is 4.74 Å². The summed E-state index contributed by atoms with van der Waals surface area (Å²) in [4.78, 5) is 7.26. The van der Waals surface area contributed by atoms with Crippen LogP contribution in [0.2, 0.25) is 10.0 Å². The Bertz CT molecular complexity index is 572. The monoisotopic (exact) mass is 297 g/mol. The molecule has 0 fully saturated rings. The van der Waals surface area contributed by atoms with E-state index in [9.17, 15) is 0 Å². The summed E-state index contributed by atoms with van der Waals surface area (Å²) < 4.78 is 5.62. The molecule has 4 nitrogen and oxygen atoms in total. The van der Waals surface area contributed by atoms with Crippen LogP contribution < -0.4 is 10.1 Å². The molecule has 2 N–H and O–H groups in total. The van der Waals surface area contributed by atoms with Gasteiger partial charge in [0.2, 0.25) is 0 Å². The number of nitrogens with one attached hydrogen (secondary N) is 2. The lowest BCUT2D eigenvalue weighted by atomic mass is 10.0. The minimum Gasteiger partial charge on any atom is -0.492 e. The van der Waals surface area contributed by atoms with Crippen LogP contribution in [0.25, 0.3) is 0 Å². The molecule has 1 aliphatic rings. The van der Waals surface area contributed by atoms with Gasteiger partial charge in [-0.3, -0.25) is 0 Å². The SMILES string of the molecule is Clc1cc(Cl)c2c(c1)C(NCc1ncc[nH]1)CCO2. The van der Waals surface area contributed by atoms with Crippen LogP contribution in [0.15, 0.2) is 24.5 Å². The first-order valence-corrected chi connectivity index (χ1v) is 6.83. The molecule has 2 aromatic rings. The standard InChI is InChI=1S/C13H13Cl2N3O/c14-8-5-9-11(18-7-12-16-2-3-17-12)1-4-19-13(9)10(15)6-8/h2-3,5-6,11,18H,1,4,7H2,(H,16,17). The van der Waals surface area contributed by atoms with Crippen molar-refractivity contribution in [3.8, 4) is 5.75 Å². The van der Waals surface area contributed by atoms with Gasteiger partial charge in [0.1, 0.15) is 11.6 Å². The lowest BCUT2D eigenvalue weighted by Crippen LogP contribution is -2.27. The maximum atomic E-state index is 6.16. The average Bonchev–Trinajstić information content (AvgIpc) is 2.89. The van der Waals surface area contributed by atoms with Gasteiger partial charge in [-0.25, -0.2) is 4.98 Å². The van der Waals surface area contributed by atoms with Gasteiger partial charge >= 0.3 is 0 Å². The van der Waals surface area contributed by atoms with E-state index < -0.39 is 0 Å². The number of fused-ring (bicyclic) bond motifs is 1. The number of hydrogen-bond acceptors (Lipinski definition) is 3. The Labute approximate surface area is 121 Å². The first-order chi connectivity index (χ1) is 9.24. The van der Waals surface area contributed by atoms with Gasteiger partial charge in [0.25, 0.3) is 0 Å². The molecule has 1 aromatic carbocycles. The fraction of sp³-hybridized carbons (Fsp3) is 0.308. The zero-order valence-corrected chi connectivity index (χ0v) is 11.6. The molecule has 1 aromatic heterocycles. The lowest BCUT2D eigenvalue weighted by molar-refractivity contribution is 0.252. The Morgan fingerprint density at radius 3 is 3.11 bits per heavy atom. The quantitative estimate of drug-likeness (QED) is 0.914. The second-order valence-corrected chi connectivity index (χ2v) is 5.26. The molecule has 100 valence electrons. The molecule has 0 aliphatic carbocycles. The van der Waals surface area contributed by atoms with E-state index in [0.717, 1.165) is 23.6 Å². The molecule has 0 saturated heterocycles. The van der Waals surface area contributed by atoms with Crippen LogP contribution in [0.4, 0.5) is 0 Å². The molecule has 0 saturated carbocycles. The summed E-state index contributed by atoms with van der Waals surface area (Å²) in [5.41, 5.74) is 1.01. The number of aromatic nitrogens is 2. The molecule has 3 rings (SSSR count). The number of hydrogen-bond donors (Lipinski definition) is 2. The van der Waals surface area contributed by atoms with Crippen molar-refractivity contribution in [3.63, 3.8) is 0 Å². The maximum absolute atomic E-state index is 6.16. The molecule has 1 aliphatic heterocycles. The van der Waals surface area contributed by atoms with Crippen molar-refractivity contribution in [2.75, 3.05) is 6.61 Å². The van der Waals surface area contributed by atoms with Crippen molar-refractivity contribution in [3.05, 3.63) is 46.0 Å². The summed E-state index contributed by atoms with van der Waals surface area (Å²) in [6.07, 6.45) is 4.43. The summed E-state index contributed by atoms with van der Waals surface area (Å²) in [5.74, 6) is 1.63. The van der Waals surface area contributed by atoms with Gasteiger partial charge in [0, 0.05) is 35.4 Å². The Hall–Kier alpha value is -1.23. The number of benzene rings is 1. The van der Waals surface area contributed by atoms with Crippen LogP contribution in [0.3, 0.4) is 0 Å². The first-order valence-electron chi connectivity index (χ1n) is 6.07. The first kappa shape index (κ1) is 12.8. The summed E-state index contributed by atoms with van der Waals surface area (Å²) >= 11 is 12.2. The van der Waals surface area contributed by atoms with Crippen molar-refractivity contribution in [2.45, 2.75) is 19.0 Å². The fourth-order valence-corrected chi connectivity index (χ4v) is 2.82. The largest absolute Gasteiger partial charge is 0.492 e. The van der Waals surface area contributed by atoms with Gasteiger partial charge in [0.15, 0.2) is 0 Å². The minimum absolute atomic E-state index is 0.171. The van der Waals surface area contributed by atoms with Gasteiger partial charge in [0.05, 0.1) is 18.2 Å². The van der Waals surface area contributed by atoms with Crippen LogP contribution in [-0.4, -0.2) is 16.6 Å². The van der Waals surface area contributed by atoms with E-state index in [0.29, 0.717) is 23.2 Å². The normalized spacial score (nSPS) is 17.9. The fourth-order valence-electron chi connectivity index (χ4n) is 2.25. The molecule has 1 unspecified atom stereocenters. The predicted octanol–water partition coefficient (Wildman–Crippen LogP) is 3.33. The highest BCUT2D eigenvalue weighted by atomic mass is 35.5. The minimum atomic E-state index is 0.171. The van der Waals surface area contributed by atoms with Crippen LogP contribution in [-0.2, 0) is 6.54 Å². The third kappa shape index (κ3) is 2.71. The molecule has 0 radical (unpaired) electrons. The number of halogens is 2. The van der Waals surface area contributed by atoms with Gasteiger partial charge < -0.3 is 15.0 Å². The van der Waals surface area contributed by atoms with E-state index in [2.05, 4.69) is 15.3 Å². The number of nitrogens with zero attached hydrogens (tertiary/aromatic N) is 1. The molecule has 1 atom stereocenters. The number of ether oxygens (including phenoxy) is 1. The molecule has 19 heavy (non-hydrogen) atoms. The van der Waals surface area contributed by atoms with Crippen LogP contribution in [0.5, 0.6) is 5.75 Å². The van der Waals surface area contributed by atoms with Crippen LogP contribution in [0, 0.1) is 0 Å². The number of H-pyrrole nitrogens is 1. The van der Waals surface area contributed by atoms with E-state index in [1.165, 1.54) is 0 Å². The Morgan fingerprint density at radius 1 is 1.42 bits per heavy atom. The highest BCUT2D eigenvalue weighted by Gasteiger charge is 2.24. The molecule has 0 bridgehead atoms. The second-order valence-electron chi connectivity index (χ2n) is 4.41. The van der Waals surface area contributed by atoms with Crippen molar-refractivity contribution in [1.82, 2.24) is 15.3 Å². The van der Waals surface area contributed by atoms with Crippen LogP contribution >= 0.6 is 23.2 Å². The van der Waals surface area contributed by atoms with E-state index in [4.69, 9.17) is 27.9 Å².